The first-order valence-electron chi connectivity index (χ1n) is 13.5. The number of carbonyl (C=O) groups is 1. The third kappa shape index (κ3) is 4.23. The van der Waals surface area contributed by atoms with Gasteiger partial charge >= 0.3 is 0 Å². The van der Waals surface area contributed by atoms with Crippen LogP contribution in [0.15, 0.2) is 22.7 Å². The molecule has 0 bridgehead atoms. The number of aromatic nitrogens is 5. The summed E-state index contributed by atoms with van der Waals surface area (Å²) in [6, 6.07) is 5.86. The van der Waals surface area contributed by atoms with Crippen LogP contribution < -0.4 is 10.1 Å². The largest absolute Gasteiger partial charge is 0.496 e. The van der Waals surface area contributed by atoms with E-state index in [1.807, 2.05) is 39.0 Å². The van der Waals surface area contributed by atoms with Gasteiger partial charge in [-0.1, -0.05) is 19.0 Å². The topological polar surface area (TPSA) is 142 Å². The van der Waals surface area contributed by atoms with Crippen LogP contribution in [0.25, 0.3) is 44.3 Å². The lowest BCUT2D eigenvalue weighted by Crippen LogP contribution is -2.53. The number of aliphatic hydroxyl groups is 1. The van der Waals surface area contributed by atoms with Crippen LogP contribution in [-0.2, 0) is 0 Å². The van der Waals surface area contributed by atoms with E-state index in [-0.39, 0.29) is 17.9 Å². The molecule has 1 aliphatic rings. The molecule has 4 heterocycles. The van der Waals surface area contributed by atoms with Gasteiger partial charge in [0.25, 0.3) is 5.91 Å². The number of aryl methyl sites for hydroxylation is 3. The summed E-state index contributed by atoms with van der Waals surface area (Å²) in [5, 5.41) is 19.0. The maximum atomic E-state index is 13.2. The Kier molecular flexibility index (Phi) is 5.99. The van der Waals surface area contributed by atoms with Crippen molar-refractivity contribution in [1.29, 1.82) is 0 Å². The van der Waals surface area contributed by atoms with E-state index in [2.05, 4.69) is 34.3 Å². The molecule has 0 aliphatic heterocycles. The SMILES string of the molecule is COc1cc2c(cc1-c1c(C)noc1C)[nH]c1nc(C)nc(-c3cc(C(=O)N[C@H]4C[C@](C)(O)C4)[nH]c3C(C)C)c12. The van der Waals surface area contributed by atoms with Gasteiger partial charge in [-0.3, -0.25) is 4.79 Å². The third-order valence-corrected chi connectivity index (χ3v) is 7.82. The van der Waals surface area contributed by atoms with Crippen molar-refractivity contribution >= 4 is 27.8 Å². The minimum absolute atomic E-state index is 0.0438. The Balaban J connectivity index is 1.51. The van der Waals surface area contributed by atoms with Gasteiger partial charge in [0.15, 0.2) is 0 Å². The van der Waals surface area contributed by atoms with Gasteiger partial charge in [-0.05, 0) is 64.7 Å². The molecule has 0 atom stereocenters. The first-order chi connectivity index (χ1) is 19.0. The molecule has 5 aromatic rings. The van der Waals surface area contributed by atoms with Gasteiger partial charge in [0.05, 0.1) is 35.0 Å². The number of nitrogens with zero attached hydrogens (tertiary/aromatic N) is 3. The highest BCUT2D eigenvalue weighted by Crippen LogP contribution is 2.42. The second-order valence-electron chi connectivity index (χ2n) is 11.5. The van der Waals surface area contributed by atoms with Crippen LogP contribution in [0, 0.1) is 20.8 Å². The summed E-state index contributed by atoms with van der Waals surface area (Å²) in [6.45, 7) is 11.6. The molecule has 1 saturated carbocycles. The number of amides is 1. The van der Waals surface area contributed by atoms with E-state index < -0.39 is 5.60 Å². The summed E-state index contributed by atoms with van der Waals surface area (Å²) in [6.07, 6.45) is 1.09. The normalized spacial score (nSPS) is 19.0. The Hall–Kier alpha value is -4.18. The minimum atomic E-state index is -0.714. The van der Waals surface area contributed by atoms with Crippen LogP contribution in [-0.4, -0.2) is 54.9 Å². The first-order valence-corrected chi connectivity index (χ1v) is 13.5. The van der Waals surface area contributed by atoms with E-state index in [9.17, 15) is 9.90 Å². The molecule has 0 unspecified atom stereocenters. The number of ether oxygens (including phenoxy) is 1. The van der Waals surface area contributed by atoms with E-state index in [1.165, 1.54) is 0 Å². The van der Waals surface area contributed by atoms with Crippen molar-refractivity contribution in [2.75, 3.05) is 7.11 Å². The summed E-state index contributed by atoms with van der Waals surface area (Å²) in [7, 11) is 1.65. The average Bonchev–Trinajstić information content (AvgIpc) is 3.56. The van der Waals surface area contributed by atoms with E-state index in [0.29, 0.717) is 41.5 Å². The highest BCUT2D eigenvalue weighted by atomic mass is 16.5. The third-order valence-electron chi connectivity index (χ3n) is 7.82. The molecule has 0 saturated heterocycles. The molecule has 10 heteroatoms. The summed E-state index contributed by atoms with van der Waals surface area (Å²) >= 11 is 0. The Morgan fingerprint density at radius 3 is 2.52 bits per heavy atom. The van der Waals surface area contributed by atoms with Gasteiger partial charge in [-0.15, -0.1) is 0 Å². The highest BCUT2D eigenvalue weighted by molar-refractivity contribution is 6.14. The van der Waals surface area contributed by atoms with Crippen molar-refractivity contribution in [2.24, 2.45) is 0 Å². The molecule has 4 N–H and O–H groups in total. The lowest BCUT2D eigenvalue weighted by Gasteiger charge is -2.41. The maximum absolute atomic E-state index is 13.2. The average molecular weight is 543 g/mol. The standard InChI is InChI=1S/C30H34N6O4/c1-13(2)26-20(9-22(34-26)29(37)33-17-11-30(6,38)12-17)27-25-18-10-23(39-7)19(24-14(3)36-40-15(24)4)8-21(18)35-28(25)32-16(5)31-27/h8-10,13,17,34,38H,11-12H2,1-7H3,(H,33,37)(H,31,32,35)/t17-,30-. The molecule has 1 amide bonds. The van der Waals surface area contributed by atoms with Gasteiger partial charge < -0.3 is 29.7 Å². The predicted molar refractivity (Wildman–Crippen MR) is 153 cm³/mol. The maximum Gasteiger partial charge on any atom is 0.267 e. The molecule has 0 radical (unpaired) electrons. The summed E-state index contributed by atoms with van der Waals surface area (Å²) < 4.78 is 11.3. The van der Waals surface area contributed by atoms with Crippen LogP contribution in [0.2, 0.25) is 0 Å². The summed E-state index contributed by atoms with van der Waals surface area (Å²) in [5.74, 6) is 1.93. The van der Waals surface area contributed by atoms with Crippen LogP contribution in [0.4, 0.5) is 0 Å². The molecule has 1 aliphatic carbocycles. The lowest BCUT2D eigenvalue weighted by molar-refractivity contribution is -0.0367. The van der Waals surface area contributed by atoms with Gasteiger partial charge in [0, 0.05) is 33.8 Å². The number of methoxy groups -OCH3 is 1. The molecular formula is C30H34N6O4. The molecule has 1 fully saturated rings. The fraction of sp³-hybridized carbons (Fsp3) is 0.400. The number of carbonyl (C=O) groups excluding carboxylic acids is 1. The van der Waals surface area contributed by atoms with Crippen LogP contribution in [0.1, 0.15) is 73.0 Å². The molecule has 6 rings (SSSR count). The van der Waals surface area contributed by atoms with Crippen LogP contribution >= 0.6 is 0 Å². The number of fused-ring (bicyclic) bond motifs is 3. The zero-order valence-corrected chi connectivity index (χ0v) is 23.8. The van der Waals surface area contributed by atoms with Crippen molar-refractivity contribution in [1.82, 2.24) is 30.4 Å². The number of nitrogens with one attached hydrogen (secondary N) is 3. The minimum Gasteiger partial charge on any atom is -0.496 e. The fourth-order valence-corrected chi connectivity index (χ4v) is 5.97. The van der Waals surface area contributed by atoms with Crippen LogP contribution in [0.5, 0.6) is 5.75 Å². The first kappa shape index (κ1) is 26.1. The van der Waals surface area contributed by atoms with Crippen molar-refractivity contribution < 1.29 is 19.2 Å². The van der Waals surface area contributed by atoms with Gasteiger partial charge in [0.2, 0.25) is 0 Å². The van der Waals surface area contributed by atoms with E-state index in [1.54, 1.807) is 14.0 Å². The molecule has 1 aromatic carbocycles. The number of benzene rings is 1. The second kappa shape index (κ2) is 9.19. The molecular weight excluding hydrogens is 508 g/mol. The number of H-pyrrole nitrogens is 2. The quantitative estimate of drug-likeness (QED) is 0.223. The van der Waals surface area contributed by atoms with Crippen LogP contribution in [0.3, 0.4) is 0 Å². The number of aromatic amines is 2. The second-order valence-corrected chi connectivity index (χ2v) is 11.5. The van der Waals surface area contributed by atoms with Crippen molar-refractivity contribution in [3.05, 3.63) is 46.9 Å². The van der Waals surface area contributed by atoms with Crippen molar-refractivity contribution in [3.63, 3.8) is 0 Å². The molecule has 4 aromatic heterocycles. The predicted octanol–water partition coefficient (Wildman–Crippen LogP) is 5.46. The van der Waals surface area contributed by atoms with E-state index in [0.717, 1.165) is 50.1 Å². The Labute approximate surface area is 231 Å². The summed E-state index contributed by atoms with van der Waals surface area (Å²) in [4.78, 5) is 29.6. The molecule has 0 spiro atoms. The van der Waals surface area contributed by atoms with E-state index in [4.69, 9.17) is 19.2 Å². The van der Waals surface area contributed by atoms with Crippen molar-refractivity contribution in [3.8, 4) is 28.1 Å². The van der Waals surface area contributed by atoms with Gasteiger partial charge in [-0.25, -0.2) is 9.97 Å². The van der Waals surface area contributed by atoms with E-state index >= 15 is 0 Å². The number of hydrogen-bond acceptors (Lipinski definition) is 7. The van der Waals surface area contributed by atoms with Gasteiger partial charge in [-0.2, -0.15) is 0 Å². The molecule has 208 valence electrons. The Bertz CT molecular complexity index is 1760. The van der Waals surface area contributed by atoms with Gasteiger partial charge in [0.1, 0.15) is 28.7 Å². The number of rotatable bonds is 6. The Morgan fingerprint density at radius 1 is 1.15 bits per heavy atom. The summed E-state index contributed by atoms with van der Waals surface area (Å²) in [5.41, 5.74) is 6.40. The number of hydrogen-bond donors (Lipinski definition) is 4. The molecule has 40 heavy (non-hydrogen) atoms. The zero-order valence-electron chi connectivity index (χ0n) is 23.8. The fourth-order valence-electron chi connectivity index (χ4n) is 5.97. The monoisotopic (exact) mass is 542 g/mol. The zero-order chi connectivity index (χ0) is 28.5. The molecule has 10 nitrogen and oxygen atoms in total. The smallest absolute Gasteiger partial charge is 0.267 e. The Morgan fingerprint density at radius 2 is 1.90 bits per heavy atom. The lowest BCUT2D eigenvalue weighted by atomic mass is 9.77. The highest BCUT2D eigenvalue weighted by Gasteiger charge is 2.39. The van der Waals surface area contributed by atoms with Crippen molar-refractivity contribution in [2.45, 2.75) is 71.9 Å².